The third-order valence-electron chi connectivity index (χ3n) is 2.02. The molecule has 0 aliphatic carbocycles. The first-order valence-electron chi connectivity index (χ1n) is 4.06. The zero-order valence-electron chi connectivity index (χ0n) is 7.83. The summed E-state index contributed by atoms with van der Waals surface area (Å²) in [7, 11) is 1.61. The molecule has 0 saturated heterocycles. The van der Waals surface area contributed by atoms with Crippen LogP contribution in [0.1, 0.15) is 0 Å². The number of thioether (sulfide) groups is 1. The van der Waals surface area contributed by atoms with E-state index in [1.54, 1.807) is 7.11 Å². The number of benzene rings is 1. The molecule has 0 atom stereocenters. The number of fused-ring (bicyclic) bond motifs is 1. The highest BCUT2D eigenvalue weighted by Gasteiger charge is 2.11. The van der Waals surface area contributed by atoms with E-state index in [0.717, 1.165) is 20.7 Å². The lowest BCUT2D eigenvalue weighted by Gasteiger charge is -1.98. The van der Waals surface area contributed by atoms with E-state index in [1.165, 1.54) is 23.1 Å². The van der Waals surface area contributed by atoms with Crippen molar-refractivity contribution in [3.63, 3.8) is 0 Å². The number of rotatable bonds is 2. The van der Waals surface area contributed by atoms with Crippen molar-refractivity contribution in [3.8, 4) is 5.75 Å². The van der Waals surface area contributed by atoms with Gasteiger partial charge in [-0.05, 0) is 24.5 Å². The molecule has 2 rings (SSSR count). The van der Waals surface area contributed by atoms with E-state index in [1.807, 2.05) is 24.5 Å². The average molecular weight is 228 g/mol. The second-order valence-electron chi connectivity index (χ2n) is 2.77. The fraction of sp³-hybridized carbons (Fsp3) is 0.200. The predicted octanol–water partition coefficient (Wildman–Crippen LogP) is 3.77. The second kappa shape index (κ2) is 3.79. The summed E-state index contributed by atoms with van der Waals surface area (Å²) in [6, 6.07) is 5.62. The highest BCUT2D eigenvalue weighted by atomic mass is 32.2. The molecule has 2 aromatic rings. The van der Waals surface area contributed by atoms with Crippen LogP contribution >= 0.6 is 23.1 Å². The molecule has 1 aromatic carbocycles. The first-order valence-corrected chi connectivity index (χ1v) is 6.10. The van der Waals surface area contributed by atoms with Crippen molar-refractivity contribution in [2.24, 2.45) is 0 Å². The van der Waals surface area contributed by atoms with Crippen molar-refractivity contribution in [2.45, 2.75) is 4.90 Å². The molecule has 0 bridgehead atoms. The fourth-order valence-electron chi connectivity index (χ4n) is 1.34. The molecular weight excluding hydrogens is 219 g/mol. The molecule has 0 spiro atoms. The van der Waals surface area contributed by atoms with Gasteiger partial charge in [0.05, 0.1) is 12.0 Å². The van der Waals surface area contributed by atoms with Gasteiger partial charge in [0, 0.05) is 10.1 Å². The summed E-state index contributed by atoms with van der Waals surface area (Å²) in [6.07, 6.45) is 1.88. The van der Waals surface area contributed by atoms with Crippen LogP contribution in [-0.2, 0) is 0 Å². The van der Waals surface area contributed by atoms with Crippen molar-refractivity contribution < 1.29 is 9.13 Å². The number of thiophene rings is 1. The molecular formula is C10H9FOS2. The number of halogens is 1. The second-order valence-corrected chi connectivity index (χ2v) is 4.59. The number of methoxy groups -OCH3 is 1. The average Bonchev–Trinajstić information content (AvgIpc) is 2.51. The van der Waals surface area contributed by atoms with Gasteiger partial charge in [-0.15, -0.1) is 23.1 Å². The van der Waals surface area contributed by atoms with Crippen LogP contribution in [0.5, 0.6) is 5.75 Å². The van der Waals surface area contributed by atoms with E-state index in [4.69, 9.17) is 4.74 Å². The molecule has 1 aromatic heterocycles. The molecule has 0 aliphatic heterocycles. The summed E-state index contributed by atoms with van der Waals surface area (Å²) in [6.45, 7) is 0. The minimum Gasteiger partial charge on any atom is -0.497 e. The summed E-state index contributed by atoms with van der Waals surface area (Å²) in [5.41, 5.74) is 0. The van der Waals surface area contributed by atoms with E-state index in [9.17, 15) is 4.39 Å². The lowest BCUT2D eigenvalue weighted by molar-refractivity contribution is 0.415. The topological polar surface area (TPSA) is 9.23 Å². The monoisotopic (exact) mass is 228 g/mol. The number of hydrogen-bond acceptors (Lipinski definition) is 3. The zero-order valence-corrected chi connectivity index (χ0v) is 9.47. The maximum Gasteiger partial charge on any atom is 0.191 e. The third-order valence-corrected chi connectivity index (χ3v) is 3.89. The lowest BCUT2D eigenvalue weighted by atomic mass is 10.2. The Kier molecular flexibility index (Phi) is 2.65. The van der Waals surface area contributed by atoms with Gasteiger partial charge in [-0.2, -0.15) is 4.39 Å². The Bertz CT molecular complexity index is 464. The molecule has 0 aliphatic rings. The smallest absolute Gasteiger partial charge is 0.191 e. The van der Waals surface area contributed by atoms with E-state index in [2.05, 4.69) is 0 Å². The molecule has 14 heavy (non-hydrogen) atoms. The van der Waals surface area contributed by atoms with E-state index < -0.39 is 0 Å². The minimum atomic E-state index is -0.110. The maximum absolute atomic E-state index is 13.4. The fourth-order valence-corrected chi connectivity index (χ4v) is 3.19. The molecule has 1 heterocycles. The lowest BCUT2D eigenvalue weighted by Crippen LogP contribution is -1.80. The van der Waals surface area contributed by atoms with Gasteiger partial charge in [0.15, 0.2) is 5.13 Å². The van der Waals surface area contributed by atoms with Crippen LogP contribution in [0.25, 0.3) is 10.1 Å². The minimum absolute atomic E-state index is 0.110. The Morgan fingerprint density at radius 3 is 2.86 bits per heavy atom. The van der Waals surface area contributed by atoms with Crippen molar-refractivity contribution in [1.82, 2.24) is 0 Å². The van der Waals surface area contributed by atoms with Crippen LogP contribution in [0.15, 0.2) is 23.1 Å². The van der Waals surface area contributed by atoms with E-state index in [-0.39, 0.29) is 5.13 Å². The summed E-state index contributed by atoms with van der Waals surface area (Å²) < 4.78 is 19.4. The Labute approximate surface area is 89.9 Å². The quantitative estimate of drug-likeness (QED) is 0.724. The van der Waals surface area contributed by atoms with E-state index in [0.29, 0.717) is 0 Å². The summed E-state index contributed by atoms with van der Waals surface area (Å²) in [5, 5.41) is 0.863. The van der Waals surface area contributed by atoms with Crippen molar-refractivity contribution in [3.05, 3.63) is 23.3 Å². The standard InChI is InChI=1S/C10H9FOS2/c1-12-6-3-4-7-8(5-6)14-10(11)9(7)13-2/h3-5H,1-2H3. The summed E-state index contributed by atoms with van der Waals surface area (Å²) >= 11 is 2.61. The first kappa shape index (κ1) is 9.80. The predicted molar refractivity (Wildman–Crippen MR) is 60.1 cm³/mol. The maximum atomic E-state index is 13.4. The Hall–Kier alpha value is -0.740. The molecule has 0 N–H and O–H groups in total. The molecule has 4 heteroatoms. The molecule has 0 fully saturated rings. The Balaban J connectivity index is 2.68. The Morgan fingerprint density at radius 2 is 2.21 bits per heavy atom. The van der Waals surface area contributed by atoms with Gasteiger partial charge in [0.2, 0.25) is 0 Å². The van der Waals surface area contributed by atoms with Gasteiger partial charge in [0.25, 0.3) is 0 Å². The van der Waals surface area contributed by atoms with Crippen LogP contribution in [0.4, 0.5) is 4.39 Å². The molecule has 0 unspecified atom stereocenters. The van der Waals surface area contributed by atoms with Gasteiger partial charge >= 0.3 is 0 Å². The zero-order chi connectivity index (χ0) is 10.1. The highest BCUT2D eigenvalue weighted by Crippen LogP contribution is 2.37. The molecule has 74 valence electrons. The van der Waals surface area contributed by atoms with Gasteiger partial charge in [-0.1, -0.05) is 0 Å². The summed E-state index contributed by atoms with van der Waals surface area (Å²) in [4.78, 5) is 0.729. The molecule has 0 amide bonds. The van der Waals surface area contributed by atoms with Crippen LogP contribution in [0, 0.1) is 5.13 Å². The highest BCUT2D eigenvalue weighted by molar-refractivity contribution is 7.99. The normalized spacial score (nSPS) is 10.8. The van der Waals surface area contributed by atoms with Crippen molar-refractivity contribution in [1.29, 1.82) is 0 Å². The SMILES string of the molecule is COc1ccc2c(SC)c(F)sc2c1. The van der Waals surface area contributed by atoms with Gasteiger partial charge in [-0.25, -0.2) is 0 Å². The summed E-state index contributed by atoms with van der Waals surface area (Å²) in [5.74, 6) is 0.770. The first-order chi connectivity index (χ1) is 6.76. The molecule has 0 saturated carbocycles. The van der Waals surface area contributed by atoms with E-state index >= 15 is 0 Å². The van der Waals surface area contributed by atoms with Crippen molar-refractivity contribution >= 4 is 33.2 Å². The van der Waals surface area contributed by atoms with Crippen LogP contribution < -0.4 is 4.74 Å². The number of hydrogen-bond donors (Lipinski definition) is 0. The number of ether oxygens (including phenoxy) is 1. The molecule has 0 radical (unpaired) electrons. The third kappa shape index (κ3) is 1.48. The van der Waals surface area contributed by atoms with Gasteiger partial charge in [0.1, 0.15) is 5.75 Å². The van der Waals surface area contributed by atoms with Crippen LogP contribution in [0.2, 0.25) is 0 Å². The van der Waals surface area contributed by atoms with Crippen LogP contribution in [-0.4, -0.2) is 13.4 Å². The van der Waals surface area contributed by atoms with Gasteiger partial charge < -0.3 is 4.74 Å². The van der Waals surface area contributed by atoms with Crippen molar-refractivity contribution in [2.75, 3.05) is 13.4 Å². The molecule has 1 nitrogen and oxygen atoms in total. The largest absolute Gasteiger partial charge is 0.497 e. The van der Waals surface area contributed by atoms with Gasteiger partial charge in [-0.3, -0.25) is 0 Å². The Morgan fingerprint density at radius 1 is 1.43 bits per heavy atom. The van der Waals surface area contributed by atoms with Crippen LogP contribution in [0.3, 0.4) is 0 Å².